The SMILES string of the molecule is C=CCn1c(Cl)nc2c1c(=O)n(CCCOS(C)(=O)=O)c(=O)n2CC=C. The fourth-order valence-corrected chi connectivity index (χ4v) is 3.14. The van der Waals surface area contributed by atoms with Crippen LogP contribution in [0.2, 0.25) is 5.28 Å². The lowest BCUT2D eigenvalue weighted by Crippen LogP contribution is -2.40. The Morgan fingerprint density at radius 3 is 2.35 bits per heavy atom. The van der Waals surface area contributed by atoms with Crippen LogP contribution in [0, 0.1) is 0 Å². The Kier molecular flexibility index (Phi) is 6.21. The zero-order chi connectivity index (χ0) is 19.5. The van der Waals surface area contributed by atoms with Gasteiger partial charge in [-0.05, 0) is 18.0 Å². The van der Waals surface area contributed by atoms with E-state index in [0.29, 0.717) is 0 Å². The highest BCUT2D eigenvalue weighted by molar-refractivity contribution is 7.85. The molecule has 2 aromatic heterocycles. The summed E-state index contributed by atoms with van der Waals surface area (Å²) in [6.07, 6.45) is 4.14. The molecule has 0 amide bonds. The maximum absolute atomic E-state index is 12.8. The fraction of sp³-hybridized carbons (Fsp3) is 0.400. The quantitative estimate of drug-likeness (QED) is 0.265. The number of imidazole rings is 1. The summed E-state index contributed by atoms with van der Waals surface area (Å²) in [5, 5.41) is 0.0624. The first-order valence-electron chi connectivity index (χ1n) is 7.66. The van der Waals surface area contributed by atoms with Gasteiger partial charge in [0, 0.05) is 19.6 Å². The maximum atomic E-state index is 12.8. The molecule has 0 saturated carbocycles. The number of allylic oxidation sites excluding steroid dienone is 2. The third-order valence-corrected chi connectivity index (χ3v) is 4.40. The molecule has 0 fully saturated rings. The van der Waals surface area contributed by atoms with Crippen LogP contribution in [0.5, 0.6) is 0 Å². The molecule has 2 aromatic rings. The van der Waals surface area contributed by atoms with Gasteiger partial charge < -0.3 is 4.57 Å². The van der Waals surface area contributed by atoms with Gasteiger partial charge in [-0.3, -0.25) is 18.1 Å². The summed E-state index contributed by atoms with van der Waals surface area (Å²) in [4.78, 5) is 29.6. The van der Waals surface area contributed by atoms with Crippen molar-refractivity contribution in [3.8, 4) is 0 Å². The number of hydrogen-bond donors (Lipinski definition) is 0. The average molecular weight is 403 g/mol. The highest BCUT2D eigenvalue weighted by atomic mass is 35.5. The van der Waals surface area contributed by atoms with Crippen LogP contribution < -0.4 is 11.2 Å². The average Bonchev–Trinajstić information content (AvgIpc) is 2.87. The highest BCUT2D eigenvalue weighted by Crippen LogP contribution is 2.16. The van der Waals surface area contributed by atoms with Gasteiger partial charge in [0.15, 0.2) is 11.2 Å². The molecule has 2 rings (SSSR count). The van der Waals surface area contributed by atoms with Gasteiger partial charge in [0.2, 0.25) is 5.28 Å². The van der Waals surface area contributed by atoms with Crippen molar-refractivity contribution in [3.05, 3.63) is 51.4 Å². The number of hydrogen-bond acceptors (Lipinski definition) is 6. The molecule has 0 aliphatic heterocycles. The lowest BCUT2D eigenvalue weighted by atomic mass is 10.4. The van der Waals surface area contributed by atoms with E-state index in [4.69, 9.17) is 11.6 Å². The summed E-state index contributed by atoms with van der Waals surface area (Å²) >= 11 is 6.10. The largest absolute Gasteiger partial charge is 0.333 e. The third kappa shape index (κ3) is 4.14. The Bertz CT molecular complexity index is 1060. The van der Waals surface area contributed by atoms with E-state index in [2.05, 4.69) is 22.3 Å². The number of aromatic nitrogens is 4. The van der Waals surface area contributed by atoms with Gasteiger partial charge >= 0.3 is 5.69 Å². The van der Waals surface area contributed by atoms with Crippen molar-refractivity contribution in [2.24, 2.45) is 0 Å². The predicted molar refractivity (Wildman–Crippen MR) is 99.1 cm³/mol. The molecule has 0 unspecified atom stereocenters. The van der Waals surface area contributed by atoms with Gasteiger partial charge in [-0.1, -0.05) is 12.2 Å². The van der Waals surface area contributed by atoms with Crippen molar-refractivity contribution >= 4 is 32.9 Å². The van der Waals surface area contributed by atoms with Gasteiger partial charge in [0.05, 0.1) is 12.9 Å². The second kappa shape index (κ2) is 8.02. The highest BCUT2D eigenvalue weighted by Gasteiger charge is 2.20. The number of nitrogens with zero attached hydrogens (tertiary/aromatic N) is 4. The van der Waals surface area contributed by atoms with E-state index < -0.39 is 21.4 Å². The lowest BCUT2D eigenvalue weighted by Gasteiger charge is -2.11. The summed E-state index contributed by atoms with van der Waals surface area (Å²) in [5.74, 6) is 0. The maximum Gasteiger partial charge on any atom is 0.333 e. The molecule has 2 heterocycles. The van der Waals surface area contributed by atoms with Crippen LogP contribution in [-0.4, -0.2) is 40.0 Å². The van der Waals surface area contributed by atoms with Crippen LogP contribution >= 0.6 is 11.6 Å². The second-order valence-corrected chi connectivity index (χ2v) is 7.45. The lowest BCUT2D eigenvalue weighted by molar-refractivity contribution is 0.304. The van der Waals surface area contributed by atoms with E-state index in [9.17, 15) is 18.0 Å². The zero-order valence-corrected chi connectivity index (χ0v) is 15.8. The Morgan fingerprint density at radius 1 is 1.15 bits per heavy atom. The molecule has 26 heavy (non-hydrogen) atoms. The minimum Gasteiger partial charge on any atom is -0.305 e. The molecule has 0 aliphatic rings. The zero-order valence-electron chi connectivity index (χ0n) is 14.2. The smallest absolute Gasteiger partial charge is 0.305 e. The molecule has 0 N–H and O–H groups in total. The molecule has 11 heteroatoms. The van der Waals surface area contributed by atoms with E-state index in [0.717, 1.165) is 10.8 Å². The van der Waals surface area contributed by atoms with Gasteiger partial charge in [-0.15, -0.1) is 13.2 Å². The first-order valence-corrected chi connectivity index (χ1v) is 9.86. The predicted octanol–water partition coefficient (Wildman–Crippen LogP) is 0.751. The van der Waals surface area contributed by atoms with E-state index in [1.165, 1.54) is 15.2 Å². The summed E-state index contributed by atoms with van der Waals surface area (Å²) in [5.41, 5.74) is -0.816. The molecule has 0 radical (unpaired) electrons. The van der Waals surface area contributed by atoms with Crippen molar-refractivity contribution in [2.45, 2.75) is 26.1 Å². The molecule has 0 atom stereocenters. The van der Waals surface area contributed by atoms with Crippen LogP contribution in [-0.2, 0) is 33.9 Å². The summed E-state index contributed by atoms with van der Waals surface area (Å²) < 4.78 is 30.4. The molecule has 142 valence electrons. The molecule has 0 aliphatic carbocycles. The van der Waals surface area contributed by atoms with Crippen molar-refractivity contribution < 1.29 is 12.6 Å². The van der Waals surface area contributed by atoms with Crippen molar-refractivity contribution in [3.63, 3.8) is 0 Å². The Labute approximate surface area is 154 Å². The van der Waals surface area contributed by atoms with E-state index in [1.807, 2.05) is 0 Å². The Balaban J connectivity index is 2.57. The van der Waals surface area contributed by atoms with Crippen LogP contribution in [0.4, 0.5) is 0 Å². The molecule has 0 spiro atoms. The molecule has 0 saturated heterocycles. The van der Waals surface area contributed by atoms with Crippen molar-refractivity contribution in [1.29, 1.82) is 0 Å². The number of fused-ring (bicyclic) bond motifs is 1. The molecular weight excluding hydrogens is 384 g/mol. The third-order valence-electron chi connectivity index (χ3n) is 3.51. The van der Waals surface area contributed by atoms with Crippen molar-refractivity contribution in [2.75, 3.05) is 12.9 Å². The van der Waals surface area contributed by atoms with Gasteiger partial charge in [-0.25, -0.2) is 4.79 Å². The molecule has 9 nitrogen and oxygen atoms in total. The molecular formula is C15H19ClN4O5S. The summed E-state index contributed by atoms with van der Waals surface area (Å²) in [6, 6.07) is 0. The summed E-state index contributed by atoms with van der Waals surface area (Å²) in [6.45, 7) is 7.45. The Morgan fingerprint density at radius 2 is 1.77 bits per heavy atom. The van der Waals surface area contributed by atoms with Crippen LogP contribution in [0.3, 0.4) is 0 Å². The normalized spacial score (nSPS) is 11.8. The monoisotopic (exact) mass is 402 g/mol. The minimum atomic E-state index is -3.59. The van der Waals surface area contributed by atoms with Crippen LogP contribution in [0.1, 0.15) is 6.42 Å². The first kappa shape index (κ1) is 20.1. The summed E-state index contributed by atoms with van der Waals surface area (Å²) in [7, 11) is -3.59. The first-order chi connectivity index (χ1) is 12.2. The van der Waals surface area contributed by atoms with E-state index in [1.54, 1.807) is 6.08 Å². The topological polar surface area (TPSA) is 105 Å². The van der Waals surface area contributed by atoms with Gasteiger partial charge in [0.25, 0.3) is 15.7 Å². The van der Waals surface area contributed by atoms with Gasteiger partial charge in [-0.2, -0.15) is 13.4 Å². The second-order valence-electron chi connectivity index (χ2n) is 5.47. The number of halogens is 1. The van der Waals surface area contributed by atoms with Crippen LogP contribution in [0.15, 0.2) is 34.9 Å². The standard InChI is InChI=1S/C15H19ClN4O5S/c1-4-7-18-11-12(17-14(18)16)19(8-5-2)15(22)20(13(11)21)9-6-10-25-26(3,23)24/h4-5H,1-2,6-10H2,3H3. The van der Waals surface area contributed by atoms with E-state index >= 15 is 0 Å². The van der Waals surface area contributed by atoms with Gasteiger partial charge in [0.1, 0.15) is 0 Å². The van der Waals surface area contributed by atoms with Crippen molar-refractivity contribution in [1.82, 2.24) is 18.7 Å². The van der Waals surface area contributed by atoms with Crippen LogP contribution in [0.25, 0.3) is 11.2 Å². The minimum absolute atomic E-state index is 0.0167. The fourth-order valence-electron chi connectivity index (χ4n) is 2.48. The molecule has 0 aromatic carbocycles. The Hall–Kier alpha value is -2.17. The molecule has 0 bridgehead atoms. The van der Waals surface area contributed by atoms with E-state index in [-0.39, 0.29) is 49.1 Å². The number of rotatable bonds is 9.